The molecule has 0 aromatic heterocycles. The molecule has 0 radical (unpaired) electrons. The number of hydrogen-bond acceptors (Lipinski definition) is 3. The summed E-state index contributed by atoms with van der Waals surface area (Å²) in [6, 6.07) is 0.105. The molecule has 2 fully saturated rings. The Morgan fingerprint density at radius 1 is 1.10 bits per heavy atom. The highest BCUT2D eigenvalue weighted by Crippen LogP contribution is 2.19. The molecule has 0 saturated carbocycles. The molecule has 2 aliphatic heterocycles. The minimum atomic E-state index is -0.0770. The van der Waals surface area contributed by atoms with E-state index in [9.17, 15) is 9.59 Å². The summed E-state index contributed by atoms with van der Waals surface area (Å²) in [5.74, 6) is -0.0452. The SMILES string of the molecule is Cl.NCCNC(=O)C1CCCN(C(=O)N2CCCC2)C1. The van der Waals surface area contributed by atoms with Gasteiger partial charge in [0.25, 0.3) is 0 Å². The third kappa shape index (κ3) is 4.24. The zero-order valence-electron chi connectivity index (χ0n) is 11.8. The van der Waals surface area contributed by atoms with Crippen molar-refractivity contribution in [1.29, 1.82) is 0 Å². The highest BCUT2D eigenvalue weighted by Gasteiger charge is 2.31. The standard InChI is InChI=1S/C13H24N4O2.ClH/c14-5-6-15-12(18)11-4-3-9-17(10-11)13(19)16-7-1-2-8-16;/h11H,1-10,14H2,(H,15,18);1H. The minimum absolute atomic E-state index is 0. The van der Waals surface area contributed by atoms with E-state index < -0.39 is 0 Å². The van der Waals surface area contributed by atoms with Gasteiger partial charge >= 0.3 is 6.03 Å². The Hall–Kier alpha value is -1.01. The molecule has 3 amide bonds. The van der Waals surface area contributed by atoms with Gasteiger partial charge in [-0.3, -0.25) is 4.79 Å². The Kier molecular flexibility index (Phi) is 7.09. The molecule has 2 rings (SSSR count). The number of amides is 3. The van der Waals surface area contributed by atoms with Crippen molar-refractivity contribution in [2.45, 2.75) is 25.7 Å². The van der Waals surface area contributed by atoms with Crippen LogP contribution in [0.5, 0.6) is 0 Å². The van der Waals surface area contributed by atoms with Crippen LogP contribution in [0.2, 0.25) is 0 Å². The van der Waals surface area contributed by atoms with Crippen molar-refractivity contribution in [3.05, 3.63) is 0 Å². The lowest BCUT2D eigenvalue weighted by molar-refractivity contribution is -0.126. The maximum Gasteiger partial charge on any atom is 0.320 e. The van der Waals surface area contributed by atoms with Gasteiger partial charge < -0.3 is 20.9 Å². The van der Waals surface area contributed by atoms with Gasteiger partial charge in [-0.15, -0.1) is 12.4 Å². The molecule has 3 N–H and O–H groups in total. The second kappa shape index (κ2) is 8.32. The van der Waals surface area contributed by atoms with E-state index in [-0.39, 0.29) is 30.3 Å². The molecule has 0 aromatic carbocycles. The van der Waals surface area contributed by atoms with Crippen LogP contribution in [0.15, 0.2) is 0 Å². The number of urea groups is 1. The van der Waals surface area contributed by atoms with Crippen LogP contribution in [0.25, 0.3) is 0 Å². The van der Waals surface area contributed by atoms with Crippen LogP contribution in [0, 0.1) is 5.92 Å². The van der Waals surface area contributed by atoms with Gasteiger partial charge in [0.1, 0.15) is 0 Å². The lowest BCUT2D eigenvalue weighted by Crippen LogP contribution is -2.50. The molecule has 0 aliphatic carbocycles. The van der Waals surface area contributed by atoms with Crippen molar-refractivity contribution >= 4 is 24.3 Å². The maximum atomic E-state index is 12.3. The smallest absolute Gasteiger partial charge is 0.320 e. The van der Waals surface area contributed by atoms with Crippen LogP contribution >= 0.6 is 12.4 Å². The first-order valence-electron chi connectivity index (χ1n) is 7.24. The van der Waals surface area contributed by atoms with Gasteiger partial charge in [-0.2, -0.15) is 0 Å². The Bertz CT molecular complexity index is 334. The Balaban J connectivity index is 0.00000200. The number of rotatable bonds is 3. The summed E-state index contributed by atoms with van der Waals surface area (Å²) < 4.78 is 0. The van der Waals surface area contributed by atoms with Crippen LogP contribution in [0.3, 0.4) is 0 Å². The summed E-state index contributed by atoms with van der Waals surface area (Å²) in [5.41, 5.74) is 5.38. The molecule has 1 atom stereocenters. The molecule has 20 heavy (non-hydrogen) atoms. The molecular formula is C13H25ClN4O2. The molecule has 7 heteroatoms. The van der Waals surface area contributed by atoms with Gasteiger partial charge in [0.2, 0.25) is 5.91 Å². The Morgan fingerprint density at radius 2 is 1.75 bits per heavy atom. The monoisotopic (exact) mass is 304 g/mol. The topological polar surface area (TPSA) is 78.7 Å². The minimum Gasteiger partial charge on any atom is -0.355 e. The van der Waals surface area contributed by atoms with Crippen LogP contribution in [0.4, 0.5) is 4.79 Å². The zero-order valence-corrected chi connectivity index (χ0v) is 12.7. The first-order chi connectivity index (χ1) is 9.22. The van der Waals surface area contributed by atoms with Gasteiger partial charge in [-0.05, 0) is 25.7 Å². The Morgan fingerprint density at radius 3 is 2.40 bits per heavy atom. The zero-order chi connectivity index (χ0) is 13.7. The van der Waals surface area contributed by atoms with E-state index in [4.69, 9.17) is 5.73 Å². The van der Waals surface area contributed by atoms with E-state index in [0.29, 0.717) is 19.6 Å². The predicted octanol–water partition coefficient (Wildman–Crippen LogP) is 0.411. The van der Waals surface area contributed by atoms with Crippen molar-refractivity contribution in [2.75, 3.05) is 39.3 Å². The molecule has 2 saturated heterocycles. The predicted molar refractivity (Wildman–Crippen MR) is 79.8 cm³/mol. The van der Waals surface area contributed by atoms with Gasteiger partial charge in [-0.1, -0.05) is 0 Å². The van der Waals surface area contributed by atoms with Gasteiger partial charge in [0.05, 0.1) is 5.92 Å². The van der Waals surface area contributed by atoms with Crippen molar-refractivity contribution in [3.8, 4) is 0 Å². The van der Waals surface area contributed by atoms with E-state index in [1.165, 1.54) is 0 Å². The fraction of sp³-hybridized carbons (Fsp3) is 0.846. The van der Waals surface area contributed by atoms with Crippen molar-refractivity contribution in [3.63, 3.8) is 0 Å². The number of nitrogens with zero attached hydrogens (tertiary/aromatic N) is 2. The summed E-state index contributed by atoms with van der Waals surface area (Å²) in [5, 5.41) is 2.82. The van der Waals surface area contributed by atoms with E-state index in [0.717, 1.165) is 45.3 Å². The maximum absolute atomic E-state index is 12.3. The van der Waals surface area contributed by atoms with Crippen LogP contribution in [-0.4, -0.2) is 61.0 Å². The highest BCUT2D eigenvalue weighted by molar-refractivity contribution is 5.85. The van der Waals surface area contributed by atoms with Crippen LogP contribution in [-0.2, 0) is 4.79 Å². The van der Waals surface area contributed by atoms with E-state index in [2.05, 4.69) is 5.32 Å². The lowest BCUT2D eigenvalue weighted by atomic mass is 9.97. The first-order valence-corrected chi connectivity index (χ1v) is 7.24. The fourth-order valence-corrected chi connectivity index (χ4v) is 2.81. The summed E-state index contributed by atoms with van der Waals surface area (Å²) in [6.45, 7) is 4.00. The molecule has 1 unspecified atom stereocenters. The van der Waals surface area contributed by atoms with Gasteiger partial charge in [-0.25, -0.2) is 4.79 Å². The van der Waals surface area contributed by atoms with Gasteiger partial charge in [0, 0.05) is 39.3 Å². The van der Waals surface area contributed by atoms with Crippen molar-refractivity contribution in [2.24, 2.45) is 11.7 Å². The third-order valence-electron chi connectivity index (χ3n) is 3.88. The average Bonchev–Trinajstić information content (AvgIpc) is 2.98. The molecule has 0 aromatic rings. The second-order valence-electron chi connectivity index (χ2n) is 5.34. The van der Waals surface area contributed by atoms with Gasteiger partial charge in [0.15, 0.2) is 0 Å². The van der Waals surface area contributed by atoms with E-state index >= 15 is 0 Å². The number of nitrogens with one attached hydrogen (secondary N) is 1. The number of carbonyl (C=O) groups excluding carboxylic acids is 2. The Labute approximate surface area is 126 Å². The molecular weight excluding hydrogens is 280 g/mol. The summed E-state index contributed by atoms with van der Waals surface area (Å²) in [6.07, 6.45) is 3.96. The molecule has 2 aliphatic rings. The molecule has 0 spiro atoms. The van der Waals surface area contributed by atoms with E-state index in [1.807, 2.05) is 9.80 Å². The van der Waals surface area contributed by atoms with E-state index in [1.54, 1.807) is 0 Å². The second-order valence-corrected chi connectivity index (χ2v) is 5.34. The normalized spacial score (nSPS) is 22.4. The largest absolute Gasteiger partial charge is 0.355 e. The quantitative estimate of drug-likeness (QED) is 0.793. The number of carbonyl (C=O) groups is 2. The number of nitrogens with two attached hydrogens (primary N) is 1. The number of piperidine rings is 1. The van der Waals surface area contributed by atoms with Crippen molar-refractivity contribution < 1.29 is 9.59 Å². The van der Waals surface area contributed by atoms with Crippen LogP contribution < -0.4 is 11.1 Å². The summed E-state index contributed by atoms with van der Waals surface area (Å²) in [7, 11) is 0. The number of hydrogen-bond donors (Lipinski definition) is 2. The number of halogens is 1. The summed E-state index contributed by atoms with van der Waals surface area (Å²) in [4.78, 5) is 27.9. The highest BCUT2D eigenvalue weighted by atomic mass is 35.5. The molecule has 6 nitrogen and oxygen atoms in total. The summed E-state index contributed by atoms with van der Waals surface area (Å²) >= 11 is 0. The lowest BCUT2D eigenvalue weighted by Gasteiger charge is -2.34. The fourth-order valence-electron chi connectivity index (χ4n) is 2.81. The molecule has 0 bridgehead atoms. The third-order valence-corrected chi connectivity index (χ3v) is 3.88. The molecule has 2 heterocycles. The van der Waals surface area contributed by atoms with Crippen LogP contribution in [0.1, 0.15) is 25.7 Å². The number of likely N-dealkylation sites (tertiary alicyclic amines) is 2. The molecule has 116 valence electrons. The first kappa shape index (κ1) is 17.0. The average molecular weight is 305 g/mol. The van der Waals surface area contributed by atoms with Crippen molar-refractivity contribution in [1.82, 2.24) is 15.1 Å².